The molecule has 0 saturated carbocycles. The molecule has 0 aromatic heterocycles. The molecule has 0 aliphatic heterocycles. The first kappa shape index (κ1) is 17.9. The predicted molar refractivity (Wildman–Crippen MR) is 91.3 cm³/mol. The Bertz CT molecular complexity index is 702. The van der Waals surface area contributed by atoms with Gasteiger partial charge in [-0.2, -0.15) is 0 Å². The quantitative estimate of drug-likeness (QED) is 0.871. The number of nitrogens with zero attached hydrogens (tertiary/aromatic N) is 1. The van der Waals surface area contributed by atoms with E-state index in [0.717, 1.165) is 5.56 Å². The van der Waals surface area contributed by atoms with Crippen LogP contribution in [0.25, 0.3) is 0 Å². The van der Waals surface area contributed by atoms with E-state index in [9.17, 15) is 14.0 Å². The van der Waals surface area contributed by atoms with Crippen LogP contribution in [0.3, 0.4) is 0 Å². The Hall–Kier alpha value is -2.40. The second kappa shape index (κ2) is 8.45. The van der Waals surface area contributed by atoms with Gasteiger partial charge in [0.25, 0.3) is 5.91 Å². The number of rotatable bonds is 6. The van der Waals surface area contributed by atoms with Gasteiger partial charge in [-0.15, -0.1) is 0 Å². The summed E-state index contributed by atoms with van der Waals surface area (Å²) in [5.41, 5.74) is 1.34. The molecule has 6 heteroatoms. The smallest absolute Gasteiger partial charge is 0.251 e. The molecule has 2 aromatic carbocycles. The van der Waals surface area contributed by atoms with Crippen LogP contribution < -0.4 is 5.32 Å². The molecular formula is C18H18ClFN2O2. The minimum absolute atomic E-state index is 0.101. The molecule has 1 N–H and O–H groups in total. The number of halogens is 2. The molecule has 2 aromatic rings. The summed E-state index contributed by atoms with van der Waals surface area (Å²) in [7, 11) is 1.67. The van der Waals surface area contributed by atoms with E-state index >= 15 is 0 Å². The van der Waals surface area contributed by atoms with Gasteiger partial charge in [-0.1, -0.05) is 23.7 Å². The number of amides is 2. The molecule has 4 nitrogen and oxygen atoms in total. The number of hydrogen-bond acceptors (Lipinski definition) is 2. The molecule has 2 rings (SSSR count). The lowest BCUT2D eigenvalue weighted by atomic mass is 10.2. The number of carbonyl (C=O) groups excluding carboxylic acids is 2. The van der Waals surface area contributed by atoms with Crippen LogP contribution in [0, 0.1) is 5.82 Å². The van der Waals surface area contributed by atoms with Crippen LogP contribution >= 0.6 is 11.6 Å². The molecule has 0 aliphatic rings. The van der Waals surface area contributed by atoms with Crippen molar-refractivity contribution in [2.24, 2.45) is 0 Å². The second-order valence-corrected chi connectivity index (χ2v) is 5.83. The lowest BCUT2D eigenvalue weighted by Gasteiger charge is -2.17. The van der Waals surface area contributed by atoms with Crippen molar-refractivity contribution in [3.8, 4) is 0 Å². The summed E-state index contributed by atoms with van der Waals surface area (Å²) in [5, 5.41) is 3.26. The topological polar surface area (TPSA) is 49.4 Å². The molecule has 0 atom stereocenters. The van der Waals surface area contributed by atoms with Crippen LogP contribution in [0.15, 0.2) is 48.5 Å². The molecule has 0 radical (unpaired) electrons. The summed E-state index contributed by atoms with van der Waals surface area (Å²) in [5.74, 6) is -0.658. The molecule has 2 amide bonds. The number of carbonyl (C=O) groups is 2. The molecule has 0 unspecified atom stereocenters. The predicted octanol–water partition coefficient (Wildman–Crippen LogP) is 3.26. The monoisotopic (exact) mass is 348 g/mol. The van der Waals surface area contributed by atoms with Gasteiger partial charge in [-0.3, -0.25) is 9.59 Å². The average Bonchev–Trinajstić information content (AvgIpc) is 2.57. The highest BCUT2D eigenvalue weighted by atomic mass is 35.5. The van der Waals surface area contributed by atoms with Gasteiger partial charge in [0.1, 0.15) is 5.82 Å². The minimum Gasteiger partial charge on any atom is -0.352 e. The van der Waals surface area contributed by atoms with Crippen molar-refractivity contribution < 1.29 is 14.0 Å². The summed E-state index contributed by atoms with van der Waals surface area (Å²) >= 11 is 5.77. The molecule has 126 valence electrons. The Morgan fingerprint density at radius 2 is 1.71 bits per heavy atom. The van der Waals surface area contributed by atoms with Crippen molar-refractivity contribution in [2.45, 2.75) is 13.0 Å². The van der Waals surface area contributed by atoms with Gasteiger partial charge in [0.2, 0.25) is 5.91 Å². The van der Waals surface area contributed by atoms with E-state index in [1.54, 1.807) is 48.3 Å². The normalized spacial score (nSPS) is 10.3. The van der Waals surface area contributed by atoms with Crippen LogP contribution in [0.4, 0.5) is 4.39 Å². The molecule has 0 saturated heterocycles. The summed E-state index contributed by atoms with van der Waals surface area (Å²) in [4.78, 5) is 25.5. The van der Waals surface area contributed by atoms with Crippen LogP contribution in [-0.4, -0.2) is 30.3 Å². The van der Waals surface area contributed by atoms with Gasteiger partial charge in [0.15, 0.2) is 0 Å². The maximum Gasteiger partial charge on any atom is 0.251 e. The van der Waals surface area contributed by atoms with Crippen molar-refractivity contribution in [3.05, 3.63) is 70.5 Å². The van der Waals surface area contributed by atoms with Gasteiger partial charge in [0, 0.05) is 37.1 Å². The third-order valence-corrected chi connectivity index (χ3v) is 3.74. The van der Waals surface area contributed by atoms with E-state index in [4.69, 9.17) is 11.6 Å². The summed E-state index contributed by atoms with van der Waals surface area (Å²) < 4.78 is 12.9. The third-order valence-electron chi connectivity index (χ3n) is 3.49. The van der Waals surface area contributed by atoms with E-state index in [0.29, 0.717) is 17.1 Å². The Morgan fingerprint density at radius 1 is 1.08 bits per heavy atom. The van der Waals surface area contributed by atoms with E-state index in [1.807, 2.05) is 0 Å². The van der Waals surface area contributed by atoms with Gasteiger partial charge in [0.05, 0.1) is 0 Å². The highest BCUT2D eigenvalue weighted by Gasteiger charge is 2.11. The fraction of sp³-hybridized carbons (Fsp3) is 0.222. The van der Waals surface area contributed by atoms with Crippen LogP contribution in [0.1, 0.15) is 22.3 Å². The fourth-order valence-electron chi connectivity index (χ4n) is 2.13. The number of nitrogens with one attached hydrogen (secondary N) is 1. The van der Waals surface area contributed by atoms with Gasteiger partial charge in [-0.05, 0) is 42.0 Å². The molecule has 0 spiro atoms. The lowest BCUT2D eigenvalue weighted by molar-refractivity contribution is -0.130. The molecule has 0 bridgehead atoms. The fourth-order valence-corrected chi connectivity index (χ4v) is 2.25. The van der Waals surface area contributed by atoms with Crippen molar-refractivity contribution >= 4 is 23.4 Å². The zero-order valence-electron chi connectivity index (χ0n) is 13.3. The second-order valence-electron chi connectivity index (χ2n) is 5.39. The lowest BCUT2D eigenvalue weighted by Crippen LogP contribution is -2.31. The number of hydrogen-bond donors (Lipinski definition) is 1. The Kier molecular flexibility index (Phi) is 6.32. The van der Waals surface area contributed by atoms with Crippen molar-refractivity contribution in [2.75, 3.05) is 13.6 Å². The van der Waals surface area contributed by atoms with E-state index in [1.165, 1.54) is 12.1 Å². The Balaban J connectivity index is 1.76. The zero-order valence-corrected chi connectivity index (χ0v) is 14.0. The van der Waals surface area contributed by atoms with Crippen LogP contribution in [0.5, 0.6) is 0 Å². The highest BCUT2D eigenvalue weighted by Crippen LogP contribution is 2.09. The molecule has 0 fully saturated rings. The first-order chi connectivity index (χ1) is 11.5. The number of benzene rings is 2. The Morgan fingerprint density at radius 3 is 2.33 bits per heavy atom. The van der Waals surface area contributed by atoms with Crippen LogP contribution in [-0.2, 0) is 11.3 Å². The highest BCUT2D eigenvalue weighted by molar-refractivity contribution is 6.30. The largest absolute Gasteiger partial charge is 0.352 e. The first-order valence-electron chi connectivity index (χ1n) is 7.48. The molecular weight excluding hydrogens is 331 g/mol. The van der Waals surface area contributed by atoms with Crippen molar-refractivity contribution in [1.82, 2.24) is 10.2 Å². The molecule has 0 aliphatic carbocycles. The minimum atomic E-state index is -0.308. The maximum absolute atomic E-state index is 12.9. The third kappa shape index (κ3) is 5.35. The van der Waals surface area contributed by atoms with Gasteiger partial charge < -0.3 is 10.2 Å². The SMILES string of the molecule is CN(Cc1ccc(F)cc1)C(=O)CCNC(=O)c1ccc(Cl)cc1. The van der Waals surface area contributed by atoms with Crippen LogP contribution in [0.2, 0.25) is 5.02 Å². The summed E-state index contributed by atoms with van der Waals surface area (Å²) in [6.07, 6.45) is 0.191. The molecule has 0 heterocycles. The summed E-state index contributed by atoms with van der Waals surface area (Å²) in [6.45, 7) is 0.637. The standard InChI is InChI=1S/C18H18ClFN2O2/c1-22(12-13-2-8-16(20)9-3-13)17(23)10-11-21-18(24)14-4-6-15(19)7-5-14/h2-9H,10-12H2,1H3,(H,21,24). The summed E-state index contributed by atoms with van der Waals surface area (Å²) in [6, 6.07) is 12.5. The zero-order chi connectivity index (χ0) is 17.5. The average molecular weight is 349 g/mol. The first-order valence-corrected chi connectivity index (χ1v) is 7.85. The maximum atomic E-state index is 12.9. The van der Waals surface area contributed by atoms with Crippen molar-refractivity contribution in [3.63, 3.8) is 0 Å². The van der Waals surface area contributed by atoms with Gasteiger partial charge >= 0.3 is 0 Å². The van der Waals surface area contributed by atoms with Gasteiger partial charge in [-0.25, -0.2) is 4.39 Å². The van der Waals surface area contributed by atoms with E-state index in [-0.39, 0.29) is 30.6 Å². The van der Waals surface area contributed by atoms with E-state index in [2.05, 4.69) is 5.32 Å². The van der Waals surface area contributed by atoms with E-state index < -0.39 is 0 Å². The molecule has 24 heavy (non-hydrogen) atoms. The van der Waals surface area contributed by atoms with Crippen molar-refractivity contribution in [1.29, 1.82) is 0 Å². The Labute approximate surface area is 145 Å².